The van der Waals surface area contributed by atoms with Crippen molar-refractivity contribution >= 4 is 45.3 Å². The summed E-state index contributed by atoms with van der Waals surface area (Å²) in [6.45, 7) is 1.87. The molecular weight excluding hydrogens is 347 g/mol. The highest BCUT2D eigenvalue weighted by Crippen LogP contribution is 2.39. The van der Waals surface area contributed by atoms with Crippen molar-refractivity contribution in [2.75, 3.05) is 17.7 Å². The van der Waals surface area contributed by atoms with E-state index in [-0.39, 0.29) is 11.8 Å². The molecule has 0 bridgehead atoms. The summed E-state index contributed by atoms with van der Waals surface area (Å²) in [6, 6.07) is 4.47. The van der Waals surface area contributed by atoms with E-state index in [1.54, 1.807) is 6.07 Å². The molecule has 2 aromatic rings. The third-order valence-electron chi connectivity index (χ3n) is 3.99. The van der Waals surface area contributed by atoms with Gasteiger partial charge in [0.05, 0.1) is 12.7 Å². The molecule has 1 heterocycles. The number of nitrogens with one attached hydrogen (secondary N) is 2. The van der Waals surface area contributed by atoms with E-state index in [1.807, 2.05) is 6.92 Å². The zero-order chi connectivity index (χ0) is 17.3. The Bertz CT molecular complexity index is 817. The van der Waals surface area contributed by atoms with Gasteiger partial charge in [0.2, 0.25) is 0 Å². The van der Waals surface area contributed by atoms with Gasteiger partial charge in [-0.2, -0.15) is 0 Å². The van der Waals surface area contributed by atoms with E-state index < -0.39 is 0 Å². The molecule has 0 atom stereocenters. The maximum absolute atomic E-state index is 13.4. The van der Waals surface area contributed by atoms with Crippen LogP contribution in [0.4, 0.5) is 15.1 Å². The standard InChI is InChI=1S/C17H17FN2O2S2/c1-9-6-7-10(18)8-12(9)19-17(23)20-15-14(16(21)22-2)11-4-3-5-13(11)24-15/h6-8H,3-5H2,1-2H3,(H2,19,20,23). The Morgan fingerprint density at radius 2 is 2.12 bits per heavy atom. The van der Waals surface area contributed by atoms with Crippen LogP contribution in [0.2, 0.25) is 0 Å². The van der Waals surface area contributed by atoms with Crippen LogP contribution in [0.5, 0.6) is 0 Å². The number of carbonyl (C=O) groups excluding carboxylic acids is 1. The van der Waals surface area contributed by atoms with Crippen LogP contribution >= 0.6 is 23.6 Å². The highest BCUT2D eigenvalue weighted by molar-refractivity contribution is 7.80. The number of thiophene rings is 1. The molecule has 2 N–H and O–H groups in total. The molecule has 1 aliphatic rings. The summed E-state index contributed by atoms with van der Waals surface area (Å²) in [7, 11) is 1.37. The third-order valence-corrected chi connectivity index (χ3v) is 5.40. The number of halogens is 1. The lowest BCUT2D eigenvalue weighted by atomic mass is 10.1. The fraction of sp³-hybridized carbons (Fsp3) is 0.294. The molecule has 4 nitrogen and oxygen atoms in total. The lowest BCUT2D eigenvalue weighted by Crippen LogP contribution is -2.20. The van der Waals surface area contributed by atoms with Crippen molar-refractivity contribution in [1.82, 2.24) is 0 Å². The van der Waals surface area contributed by atoms with Crippen molar-refractivity contribution in [3.63, 3.8) is 0 Å². The van der Waals surface area contributed by atoms with Gasteiger partial charge in [0.1, 0.15) is 10.8 Å². The van der Waals surface area contributed by atoms with Crippen molar-refractivity contribution in [2.24, 2.45) is 0 Å². The largest absolute Gasteiger partial charge is 0.465 e. The first-order valence-corrected chi connectivity index (χ1v) is 8.79. The number of thiocarbonyl (C=S) groups is 1. The van der Waals surface area contributed by atoms with Crippen molar-refractivity contribution < 1.29 is 13.9 Å². The minimum absolute atomic E-state index is 0.314. The SMILES string of the molecule is COC(=O)c1c(NC(=S)Nc2cc(F)ccc2C)sc2c1CCC2. The molecule has 0 unspecified atom stereocenters. The average Bonchev–Trinajstić information content (AvgIpc) is 3.10. The number of hydrogen-bond donors (Lipinski definition) is 2. The number of benzene rings is 1. The molecule has 0 fully saturated rings. The first-order valence-electron chi connectivity index (χ1n) is 7.56. The van der Waals surface area contributed by atoms with Crippen LogP contribution in [0.1, 0.15) is 32.8 Å². The quantitative estimate of drug-likeness (QED) is 0.629. The molecule has 1 aromatic carbocycles. The summed E-state index contributed by atoms with van der Waals surface area (Å²) in [4.78, 5) is 13.3. The van der Waals surface area contributed by atoms with Crippen LogP contribution in [0, 0.1) is 12.7 Å². The van der Waals surface area contributed by atoms with Crippen molar-refractivity contribution in [1.29, 1.82) is 0 Å². The van der Waals surface area contributed by atoms with Crippen LogP contribution in [-0.2, 0) is 17.6 Å². The summed E-state index contributed by atoms with van der Waals surface area (Å²) < 4.78 is 18.3. The average molecular weight is 364 g/mol. The molecule has 1 aliphatic carbocycles. The molecule has 7 heteroatoms. The predicted octanol–water partition coefficient (Wildman–Crippen LogP) is 4.28. The molecule has 24 heavy (non-hydrogen) atoms. The van der Waals surface area contributed by atoms with E-state index in [9.17, 15) is 9.18 Å². The van der Waals surface area contributed by atoms with E-state index in [2.05, 4.69) is 10.6 Å². The third kappa shape index (κ3) is 3.27. The Kier molecular flexibility index (Phi) is 4.82. The van der Waals surface area contributed by atoms with Crippen LogP contribution in [-0.4, -0.2) is 18.2 Å². The Morgan fingerprint density at radius 1 is 1.33 bits per heavy atom. The molecular formula is C17H17FN2O2S2. The van der Waals surface area contributed by atoms with Crippen molar-refractivity contribution in [3.05, 3.63) is 45.6 Å². The summed E-state index contributed by atoms with van der Waals surface area (Å²) in [5, 5.41) is 7.04. The number of ether oxygens (including phenoxy) is 1. The van der Waals surface area contributed by atoms with Crippen molar-refractivity contribution in [2.45, 2.75) is 26.2 Å². The molecule has 0 radical (unpaired) electrons. The lowest BCUT2D eigenvalue weighted by Gasteiger charge is -2.13. The second kappa shape index (κ2) is 6.86. The highest BCUT2D eigenvalue weighted by Gasteiger charge is 2.27. The number of esters is 1. The van der Waals surface area contributed by atoms with Crippen LogP contribution in [0.15, 0.2) is 18.2 Å². The predicted molar refractivity (Wildman–Crippen MR) is 98.7 cm³/mol. The van der Waals surface area contributed by atoms with Gasteiger partial charge in [-0.1, -0.05) is 6.07 Å². The van der Waals surface area contributed by atoms with E-state index in [0.29, 0.717) is 21.4 Å². The molecule has 126 valence electrons. The zero-order valence-electron chi connectivity index (χ0n) is 13.4. The van der Waals surface area contributed by atoms with Gasteiger partial charge in [0.15, 0.2) is 5.11 Å². The molecule has 0 spiro atoms. The molecule has 0 aliphatic heterocycles. The van der Waals surface area contributed by atoms with E-state index in [1.165, 1.54) is 35.5 Å². The van der Waals surface area contributed by atoms with Crippen LogP contribution in [0.25, 0.3) is 0 Å². The number of methoxy groups -OCH3 is 1. The Balaban J connectivity index is 1.82. The Hall–Kier alpha value is -1.99. The number of hydrogen-bond acceptors (Lipinski definition) is 4. The second-order valence-corrected chi connectivity index (χ2v) is 7.10. The minimum atomic E-state index is -0.360. The van der Waals surface area contributed by atoms with Gasteiger partial charge in [-0.15, -0.1) is 11.3 Å². The first-order chi connectivity index (χ1) is 11.5. The normalized spacial score (nSPS) is 12.6. The van der Waals surface area contributed by atoms with Crippen molar-refractivity contribution in [3.8, 4) is 0 Å². The van der Waals surface area contributed by atoms with Crippen LogP contribution < -0.4 is 10.6 Å². The number of aryl methyl sites for hydroxylation is 2. The summed E-state index contributed by atoms with van der Waals surface area (Å²) in [5.41, 5.74) is 3.09. The molecule has 0 saturated heterocycles. The van der Waals surface area contributed by atoms with Gasteiger partial charge in [0, 0.05) is 10.6 Å². The Labute approximate surface area is 149 Å². The minimum Gasteiger partial charge on any atom is -0.465 e. The zero-order valence-corrected chi connectivity index (χ0v) is 15.0. The van der Waals surface area contributed by atoms with Gasteiger partial charge < -0.3 is 15.4 Å². The fourth-order valence-corrected chi connectivity index (χ4v) is 4.35. The smallest absolute Gasteiger partial charge is 0.341 e. The van der Waals surface area contributed by atoms with Crippen LogP contribution in [0.3, 0.4) is 0 Å². The lowest BCUT2D eigenvalue weighted by molar-refractivity contribution is 0.0601. The fourth-order valence-electron chi connectivity index (χ4n) is 2.80. The molecule has 1 aromatic heterocycles. The number of fused-ring (bicyclic) bond motifs is 1. The number of anilines is 2. The van der Waals surface area contributed by atoms with Gasteiger partial charge in [-0.05, 0) is 61.7 Å². The summed E-state index contributed by atoms with van der Waals surface area (Å²) in [6.07, 6.45) is 2.90. The number of rotatable bonds is 3. The summed E-state index contributed by atoms with van der Waals surface area (Å²) >= 11 is 6.85. The topological polar surface area (TPSA) is 50.4 Å². The van der Waals surface area contributed by atoms with E-state index >= 15 is 0 Å². The molecule has 3 rings (SSSR count). The number of carbonyl (C=O) groups is 1. The maximum Gasteiger partial charge on any atom is 0.341 e. The highest BCUT2D eigenvalue weighted by atomic mass is 32.1. The second-order valence-electron chi connectivity index (χ2n) is 5.59. The maximum atomic E-state index is 13.4. The molecule has 0 amide bonds. The molecule has 0 saturated carbocycles. The van der Waals surface area contributed by atoms with Gasteiger partial charge in [0.25, 0.3) is 0 Å². The monoisotopic (exact) mass is 364 g/mol. The van der Waals surface area contributed by atoms with Gasteiger partial charge >= 0.3 is 5.97 Å². The van der Waals surface area contributed by atoms with E-state index in [0.717, 1.165) is 30.4 Å². The first kappa shape index (κ1) is 16.9. The van der Waals surface area contributed by atoms with E-state index in [4.69, 9.17) is 17.0 Å². The Morgan fingerprint density at radius 3 is 2.88 bits per heavy atom. The van der Waals surface area contributed by atoms with Gasteiger partial charge in [-0.25, -0.2) is 9.18 Å². The summed E-state index contributed by atoms with van der Waals surface area (Å²) in [5.74, 6) is -0.696. The van der Waals surface area contributed by atoms with Gasteiger partial charge in [-0.3, -0.25) is 0 Å².